The van der Waals surface area contributed by atoms with Gasteiger partial charge >= 0.3 is 0 Å². The Kier molecular flexibility index (Phi) is 4.12. The van der Waals surface area contributed by atoms with Crippen molar-refractivity contribution in [3.05, 3.63) is 83.4 Å². The van der Waals surface area contributed by atoms with E-state index >= 15 is 0 Å². The quantitative estimate of drug-likeness (QED) is 0.500. The molecule has 0 radical (unpaired) electrons. The molecule has 0 bridgehead atoms. The number of pyridine rings is 1. The van der Waals surface area contributed by atoms with Crippen LogP contribution in [0.5, 0.6) is 5.75 Å². The van der Waals surface area contributed by atoms with Crippen molar-refractivity contribution in [2.24, 2.45) is 5.92 Å². The second-order valence-electron chi connectivity index (χ2n) is 7.68. The van der Waals surface area contributed by atoms with Gasteiger partial charge in [0.15, 0.2) is 0 Å². The fourth-order valence-corrected chi connectivity index (χ4v) is 4.03. The maximum atomic E-state index is 14.4. The van der Waals surface area contributed by atoms with Crippen LogP contribution in [0.25, 0.3) is 22.2 Å². The largest absolute Gasteiger partial charge is 0.489 e. The van der Waals surface area contributed by atoms with E-state index < -0.39 is 0 Å². The monoisotopic (exact) mass is 372 g/mol. The average Bonchev–Trinajstić information content (AvgIpc) is 3.31. The number of nitrogens with zero attached hydrogens (tertiary/aromatic N) is 1. The van der Waals surface area contributed by atoms with Gasteiger partial charge in [0.1, 0.15) is 23.8 Å². The molecule has 0 spiro atoms. The van der Waals surface area contributed by atoms with Crippen molar-refractivity contribution in [1.29, 1.82) is 0 Å². The molecule has 3 nitrogen and oxygen atoms in total. The Labute approximate surface area is 163 Å². The summed E-state index contributed by atoms with van der Waals surface area (Å²) in [5, 5.41) is 1.03. The lowest BCUT2D eigenvalue weighted by atomic mass is 10.0. The Morgan fingerprint density at radius 2 is 1.93 bits per heavy atom. The molecule has 2 aromatic heterocycles. The standard InChI is InChI=1S/C24H21FN2O/c1-15-8-16-2-4-22(12-19(16)9-15)28-14-21-10-17(3-5-23(21)25)20-11-18-6-7-26-24(18)27-13-20/h2-7,10-13,15H,8-9,14H2,1H3,(H,26,27). The number of halogens is 1. The van der Waals surface area contributed by atoms with E-state index in [2.05, 4.69) is 35.1 Å². The fraction of sp³-hybridized carbons (Fsp3) is 0.208. The van der Waals surface area contributed by atoms with Crippen LogP contribution in [0, 0.1) is 11.7 Å². The van der Waals surface area contributed by atoms with Crippen molar-refractivity contribution in [3.63, 3.8) is 0 Å². The second-order valence-corrected chi connectivity index (χ2v) is 7.68. The molecular formula is C24H21FN2O. The lowest BCUT2D eigenvalue weighted by Crippen LogP contribution is -2.00. The van der Waals surface area contributed by atoms with E-state index in [0.29, 0.717) is 11.5 Å². The predicted octanol–water partition coefficient (Wildman–Crippen LogP) is 5.68. The first-order chi connectivity index (χ1) is 13.7. The van der Waals surface area contributed by atoms with Gasteiger partial charge in [-0.3, -0.25) is 0 Å². The average molecular weight is 372 g/mol. The van der Waals surface area contributed by atoms with Gasteiger partial charge in [0.25, 0.3) is 0 Å². The molecule has 2 aromatic carbocycles. The van der Waals surface area contributed by atoms with Gasteiger partial charge in [-0.25, -0.2) is 9.37 Å². The summed E-state index contributed by atoms with van der Waals surface area (Å²) < 4.78 is 20.3. The summed E-state index contributed by atoms with van der Waals surface area (Å²) in [5.41, 5.74) is 6.03. The second kappa shape index (κ2) is 6.79. The van der Waals surface area contributed by atoms with Crippen LogP contribution in [0.1, 0.15) is 23.6 Å². The van der Waals surface area contributed by atoms with Crippen LogP contribution in [0.15, 0.2) is 60.9 Å². The van der Waals surface area contributed by atoms with Crippen molar-refractivity contribution in [2.75, 3.05) is 0 Å². The first kappa shape index (κ1) is 17.0. The zero-order chi connectivity index (χ0) is 19.1. The van der Waals surface area contributed by atoms with Crippen LogP contribution in [-0.4, -0.2) is 9.97 Å². The minimum absolute atomic E-state index is 0.202. The van der Waals surface area contributed by atoms with E-state index in [9.17, 15) is 4.39 Å². The Morgan fingerprint density at radius 1 is 1.04 bits per heavy atom. The number of rotatable bonds is 4. The number of benzene rings is 2. The van der Waals surface area contributed by atoms with Crippen LogP contribution in [0.3, 0.4) is 0 Å². The fourth-order valence-electron chi connectivity index (χ4n) is 4.03. The van der Waals surface area contributed by atoms with Crippen LogP contribution in [-0.2, 0) is 19.4 Å². The molecule has 1 atom stereocenters. The summed E-state index contributed by atoms with van der Waals surface area (Å²) in [6.45, 7) is 2.47. The maximum absolute atomic E-state index is 14.4. The highest BCUT2D eigenvalue weighted by molar-refractivity contribution is 5.81. The van der Waals surface area contributed by atoms with Gasteiger partial charge < -0.3 is 9.72 Å². The van der Waals surface area contributed by atoms with Gasteiger partial charge in [0.2, 0.25) is 0 Å². The molecule has 4 aromatic rings. The molecule has 0 saturated carbocycles. The molecule has 0 saturated heterocycles. The summed E-state index contributed by atoms with van der Waals surface area (Å²) >= 11 is 0. The Balaban J connectivity index is 1.38. The molecule has 4 heteroatoms. The predicted molar refractivity (Wildman–Crippen MR) is 109 cm³/mol. The van der Waals surface area contributed by atoms with Crippen LogP contribution in [0.2, 0.25) is 0 Å². The molecular weight excluding hydrogens is 351 g/mol. The van der Waals surface area contributed by atoms with Gasteiger partial charge in [-0.15, -0.1) is 0 Å². The van der Waals surface area contributed by atoms with Crippen molar-refractivity contribution >= 4 is 11.0 Å². The third-order valence-corrected chi connectivity index (χ3v) is 5.49. The zero-order valence-corrected chi connectivity index (χ0v) is 15.7. The summed E-state index contributed by atoms with van der Waals surface area (Å²) in [6.07, 6.45) is 5.89. The smallest absolute Gasteiger partial charge is 0.137 e. The molecule has 0 aliphatic heterocycles. The number of fused-ring (bicyclic) bond motifs is 2. The molecule has 2 heterocycles. The van der Waals surface area contributed by atoms with E-state index in [1.165, 1.54) is 17.2 Å². The lowest BCUT2D eigenvalue weighted by Gasteiger charge is -2.11. The number of ether oxygens (including phenoxy) is 1. The number of hydrogen-bond donors (Lipinski definition) is 1. The number of aromatic nitrogens is 2. The third kappa shape index (κ3) is 3.15. The molecule has 0 fully saturated rings. The zero-order valence-electron chi connectivity index (χ0n) is 15.7. The van der Waals surface area contributed by atoms with Gasteiger partial charge in [0, 0.05) is 28.9 Å². The number of nitrogens with one attached hydrogen (secondary N) is 1. The number of H-pyrrole nitrogens is 1. The topological polar surface area (TPSA) is 37.9 Å². The van der Waals surface area contributed by atoms with Crippen molar-refractivity contribution in [1.82, 2.24) is 9.97 Å². The normalized spacial score (nSPS) is 15.7. The third-order valence-electron chi connectivity index (χ3n) is 5.49. The molecule has 5 rings (SSSR count). The highest BCUT2D eigenvalue weighted by atomic mass is 19.1. The first-order valence-corrected chi connectivity index (χ1v) is 9.62. The number of hydrogen-bond acceptors (Lipinski definition) is 2. The summed E-state index contributed by atoms with van der Waals surface area (Å²) in [4.78, 5) is 7.51. The molecule has 1 N–H and O–H groups in total. The van der Waals surface area contributed by atoms with Crippen molar-refractivity contribution < 1.29 is 9.13 Å². The highest BCUT2D eigenvalue weighted by Crippen LogP contribution is 2.30. The molecule has 1 unspecified atom stereocenters. The number of aromatic amines is 1. The van der Waals surface area contributed by atoms with Gasteiger partial charge in [-0.2, -0.15) is 0 Å². The first-order valence-electron chi connectivity index (χ1n) is 9.62. The maximum Gasteiger partial charge on any atom is 0.137 e. The van der Waals surface area contributed by atoms with Crippen molar-refractivity contribution in [2.45, 2.75) is 26.4 Å². The Bertz CT molecular complexity index is 1160. The van der Waals surface area contributed by atoms with E-state index in [-0.39, 0.29) is 12.4 Å². The van der Waals surface area contributed by atoms with E-state index in [4.69, 9.17) is 4.74 Å². The Hall–Kier alpha value is -3.14. The van der Waals surface area contributed by atoms with Gasteiger partial charge in [-0.1, -0.05) is 19.1 Å². The highest BCUT2D eigenvalue weighted by Gasteiger charge is 2.18. The minimum Gasteiger partial charge on any atom is -0.489 e. The molecule has 1 aliphatic rings. The molecule has 28 heavy (non-hydrogen) atoms. The summed E-state index contributed by atoms with van der Waals surface area (Å²) in [6, 6.07) is 15.4. The SMILES string of the molecule is CC1Cc2ccc(OCc3cc(-c4cnc5[nH]ccc5c4)ccc3F)cc2C1. The van der Waals surface area contributed by atoms with Crippen molar-refractivity contribution in [3.8, 4) is 16.9 Å². The van der Waals surface area contributed by atoms with Crippen LogP contribution < -0.4 is 4.74 Å². The minimum atomic E-state index is -0.255. The van der Waals surface area contributed by atoms with E-state index in [1.54, 1.807) is 12.3 Å². The Morgan fingerprint density at radius 3 is 2.86 bits per heavy atom. The summed E-state index contributed by atoms with van der Waals surface area (Å²) in [7, 11) is 0. The van der Waals surface area contributed by atoms with Crippen LogP contribution >= 0.6 is 0 Å². The molecule has 1 aliphatic carbocycles. The van der Waals surface area contributed by atoms with Gasteiger partial charge in [0.05, 0.1) is 0 Å². The van der Waals surface area contributed by atoms with E-state index in [1.807, 2.05) is 24.4 Å². The summed E-state index contributed by atoms with van der Waals surface area (Å²) in [5.74, 6) is 1.23. The van der Waals surface area contributed by atoms with Gasteiger partial charge in [-0.05, 0) is 71.8 Å². The molecule has 0 amide bonds. The van der Waals surface area contributed by atoms with E-state index in [0.717, 1.165) is 40.8 Å². The lowest BCUT2D eigenvalue weighted by molar-refractivity contribution is 0.299. The van der Waals surface area contributed by atoms with Crippen LogP contribution in [0.4, 0.5) is 4.39 Å². The molecule has 140 valence electrons.